The van der Waals surface area contributed by atoms with Crippen LogP contribution in [0.1, 0.15) is 75.3 Å². The third kappa shape index (κ3) is 4.95. The smallest absolute Gasteiger partial charge is 0.410 e. The van der Waals surface area contributed by atoms with E-state index in [1.165, 1.54) is 22.5 Å². The second-order valence-electron chi connectivity index (χ2n) is 12.3. The Morgan fingerprint density at radius 1 is 1.08 bits per heavy atom. The Labute approximate surface area is 231 Å². The van der Waals surface area contributed by atoms with Gasteiger partial charge in [0.25, 0.3) is 0 Å². The van der Waals surface area contributed by atoms with E-state index in [0.717, 1.165) is 49.4 Å². The van der Waals surface area contributed by atoms with Gasteiger partial charge in [0.1, 0.15) is 30.1 Å². The highest BCUT2D eigenvalue weighted by molar-refractivity contribution is 5.75. The summed E-state index contributed by atoms with van der Waals surface area (Å²) < 4.78 is 12.0. The maximum absolute atomic E-state index is 12.8. The van der Waals surface area contributed by atoms with Gasteiger partial charge < -0.3 is 19.3 Å². The number of carbonyl (C=O) groups excluding carboxylic acids is 1. The van der Waals surface area contributed by atoms with Gasteiger partial charge in [-0.05, 0) is 81.7 Å². The van der Waals surface area contributed by atoms with E-state index in [0.29, 0.717) is 25.6 Å². The molecule has 6 rings (SSSR count). The van der Waals surface area contributed by atoms with Crippen molar-refractivity contribution in [3.63, 3.8) is 0 Å². The Kier molecular flexibility index (Phi) is 6.48. The average Bonchev–Trinajstić information content (AvgIpc) is 3.45. The molecule has 1 spiro atoms. The number of hydrogen-bond acceptors (Lipinski definition) is 6. The van der Waals surface area contributed by atoms with Crippen LogP contribution >= 0.6 is 0 Å². The van der Waals surface area contributed by atoms with Gasteiger partial charge in [-0.25, -0.2) is 14.8 Å². The van der Waals surface area contributed by atoms with Crippen molar-refractivity contribution in [3.8, 4) is 5.75 Å². The molecule has 0 N–H and O–H groups in total. The molecule has 0 bridgehead atoms. The first kappa shape index (κ1) is 25.7. The molecule has 204 valence electrons. The molecule has 2 aliphatic heterocycles. The molecule has 1 aliphatic carbocycles. The van der Waals surface area contributed by atoms with Gasteiger partial charge >= 0.3 is 6.09 Å². The summed E-state index contributed by atoms with van der Waals surface area (Å²) in [7, 11) is 0. The summed E-state index contributed by atoms with van der Waals surface area (Å²) in [5.41, 5.74) is 5.49. The fraction of sp³-hybridized carbons (Fsp3) is 0.469. The lowest BCUT2D eigenvalue weighted by atomic mass is 9.74. The van der Waals surface area contributed by atoms with Gasteiger partial charge in [0.2, 0.25) is 0 Å². The molecule has 2 aromatic carbocycles. The number of likely N-dealkylation sites (tertiary alicyclic amines) is 1. The summed E-state index contributed by atoms with van der Waals surface area (Å²) in [6.07, 6.45) is 5.34. The van der Waals surface area contributed by atoms with Crippen LogP contribution in [0.3, 0.4) is 0 Å². The molecular formula is C32H38N4O3. The lowest BCUT2D eigenvalue weighted by molar-refractivity contribution is 0.0171. The van der Waals surface area contributed by atoms with Crippen LogP contribution in [0.2, 0.25) is 0 Å². The first-order valence-corrected chi connectivity index (χ1v) is 14.1. The van der Waals surface area contributed by atoms with Crippen molar-refractivity contribution in [3.05, 3.63) is 77.2 Å². The standard InChI is InChI=1S/C32H38N4O3/c1-22-10-12-26-28(22)29(34-21-33-26)36-20-32(14-16-35(17-15-32)30(37)39-31(2,3)4)25-18-24(11-13-27(25)36)38-19-23-8-6-5-7-9-23/h5-9,11,13,18,21-22H,10,12,14-17,19-20H2,1-4H3/t22-/m1/s1. The van der Waals surface area contributed by atoms with Crippen molar-refractivity contribution in [1.82, 2.24) is 14.9 Å². The minimum absolute atomic E-state index is 0.0976. The SMILES string of the molecule is C[C@@H]1CCc2ncnc(N3CC4(CCN(C(=O)OC(C)(C)C)CC4)c4cc(OCc5ccccc5)ccc43)c21. The molecule has 7 nitrogen and oxygen atoms in total. The van der Waals surface area contributed by atoms with Crippen LogP contribution < -0.4 is 9.64 Å². The molecule has 7 heteroatoms. The monoisotopic (exact) mass is 526 g/mol. The van der Waals surface area contributed by atoms with Crippen molar-refractivity contribution in [1.29, 1.82) is 0 Å². The van der Waals surface area contributed by atoms with E-state index in [1.807, 2.05) is 43.9 Å². The number of carbonyl (C=O) groups is 1. The van der Waals surface area contributed by atoms with E-state index >= 15 is 0 Å². The number of rotatable bonds is 4. The van der Waals surface area contributed by atoms with Crippen LogP contribution in [0.25, 0.3) is 0 Å². The van der Waals surface area contributed by atoms with Gasteiger partial charge in [-0.1, -0.05) is 37.3 Å². The molecule has 1 saturated heterocycles. The number of hydrogen-bond donors (Lipinski definition) is 0. The van der Waals surface area contributed by atoms with E-state index in [-0.39, 0.29) is 11.5 Å². The highest BCUT2D eigenvalue weighted by Crippen LogP contribution is 2.52. The Hall–Kier alpha value is -3.61. The predicted molar refractivity (Wildman–Crippen MR) is 152 cm³/mol. The summed E-state index contributed by atoms with van der Waals surface area (Å²) >= 11 is 0. The first-order chi connectivity index (χ1) is 18.7. The van der Waals surface area contributed by atoms with Crippen molar-refractivity contribution < 1.29 is 14.3 Å². The molecule has 1 amide bonds. The Morgan fingerprint density at radius 3 is 2.59 bits per heavy atom. The summed E-state index contributed by atoms with van der Waals surface area (Å²) in [6.45, 7) is 10.7. The van der Waals surface area contributed by atoms with E-state index in [2.05, 4.69) is 47.1 Å². The number of piperidine rings is 1. The molecule has 0 unspecified atom stereocenters. The minimum Gasteiger partial charge on any atom is -0.489 e. The highest BCUT2D eigenvalue weighted by atomic mass is 16.6. The molecule has 1 fully saturated rings. The summed E-state index contributed by atoms with van der Waals surface area (Å²) in [5.74, 6) is 2.35. The first-order valence-electron chi connectivity index (χ1n) is 14.1. The molecule has 3 aromatic rings. The van der Waals surface area contributed by atoms with Gasteiger partial charge in [0, 0.05) is 42.0 Å². The number of nitrogens with zero attached hydrogens (tertiary/aromatic N) is 4. The van der Waals surface area contributed by atoms with Crippen molar-refractivity contribution in [2.75, 3.05) is 24.5 Å². The number of fused-ring (bicyclic) bond motifs is 3. The zero-order chi connectivity index (χ0) is 27.2. The van der Waals surface area contributed by atoms with Crippen molar-refractivity contribution >= 4 is 17.6 Å². The fourth-order valence-electron chi connectivity index (χ4n) is 6.38. The number of benzene rings is 2. The van der Waals surface area contributed by atoms with E-state index in [9.17, 15) is 4.79 Å². The van der Waals surface area contributed by atoms with E-state index in [4.69, 9.17) is 14.5 Å². The van der Waals surface area contributed by atoms with Crippen LogP contribution in [-0.2, 0) is 23.2 Å². The zero-order valence-electron chi connectivity index (χ0n) is 23.4. The van der Waals surface area contributed by atoms with Crippen LogP contribution in [0.4, 0.5) is 16.3 Å². The molecule has 1 atom stereocenters. The molecule has 0 saturated carbocycles. The van der Waals surface area contributed by atoms with Crippen LogP contribution in [-0.4, -0.2) is 46.2 Å². The largest absolute Gasteiger partial charge is 0.489 e. The van der Waals surface area contributed by atoms with Crippen LogP contribution in [0, 0.1) is 0 Å². The lowest BCUT2D eigenvalue weighted by Crippen LogP contribution is -2.48. The normalized spacial score (nSPS) is 19.6. The lowest BCUT2D eigenvalue weighted by Gasteiger charge is -2.40. The molecule has 3 aliphatic rings. The van der Waals surface area contributed by atoms with Crippen LogP contribution in [0.5, 0.6) is 5.75 Å². The van der Waals surface area contributed by atoms with Gasteiger partial charge in [-0.15, -0.1) is 0 Å². The molecule has 39 heavy (non-hydrogen) atoms. The molecule has 0 radical (unpaired) electrons. The second-order valence-corrected chi connectivity index (χ2v) is 12.3. The van der Waals surface area contributed by atoms with E-state index in [1.54, 1.807) is 6.33 Å². The topological polar surface area (TPSA) is 67.8 Å². The fourth-order valence-corrected chi connectivity index (χ4v) is 6.38. The molecule has 1 aromatic heterocycles. The van der Waals surface area contributed by atoms with Crippen LogP contribution in [0.15, 0.2) is 54.9 Å². The van der Waals surface area contributed by atoms with Crippen molar-refractivity contribution in [2.24, 2.45) is 0 Å². The third-order valence-electron chi connectivity index (χ3n) is 8.42. The minimum atomic E-state index is -0.502. The number of aromatic nitrogens is 2. The summed E-state index contributed by atoms with van der Waals surface area (Å²) in [5, 5.41) is 0. The summed E-state index contributed by atoms with van der Waals surface area (Å²) in [6, 6.07) is 16.8. The number of anilines is 2. The van der Waals surface area contributed by atoms with Gasteiger partial charge in [-0.2, -0.15) is 0 Å². The number of aryl methyl sites for hydroxylation is 1. The van der Waals surface area contributed by atoms with E-state index < -0.39 is 5.60 Å². The Balaban J connectivity index is 1.32. The predicted octanol–water partition coefficient (Wildman–Crippen LogP) is 6.53. The van der Waals surface area contributed by atoms with Gasteiger partial charge in [-0.3, -0.25) is 0 Å². The second kappa shape index (κ2) is 9.85. The third-order valence-corrected chi connectivity index (χ3v) is 8.42. The van der Waals surface area contributed by atoms with Crippen molar-refractivity contribution in [2.45, 2.75) is 76.9 Å². The zero-order valence-corrected chi connectivity index (χ0v) is 23.4. The quantitative estimate of drug-likeness (QED) is 0.385. The molecule has 3 heterocycles. The Morgan fingerprint density at radius 2 is 1.85 bits per heavy atom. The average molecular weight is 527 g/mol. The number of amides is 1. The Bertz CT molecular complexity index is 1360. The highest BCUT2D eigenvalue weighted by Gasteiger charge is 2.47. The maximum atomic E-state index is 12.8. The molecular weight excluding hydrogens is 488 g/mol. The van der Waals surface area contributed by atoms with Gasteiger partial charge in [0.15, 0.2) is 0 Å². The summed E-state index contributed by atoms with van der Waals surface area (Å²) in [4.78, 5) is 26.6. The number of ether oxygens (including phenoxy) is 2. The van der Waals surface area contributed by atoms with Gasteiger partial charge in [0.05, 0.1) is 0 Å². The maximum Gasteiger partial charge on any atom is 0.410 e.